The van der Waals surface area contributed by atoms with Gasteiger partial charge in [0.05, 0.1) is 12.3 Å². The van der Waals surface area contributed by atoms with E-state index in [1.807, 2.05) is 13.8 Å². The molecule has 1 saturated heterocycles. The zero-order valence-corrected chi connectivity index (χ0v) is 10.6. The number of nitrogens with zero attached hydrogens (tertiary/aromatic N) is 1. The Kier molecular flexibility index (Phi) is 4.15. The topological polar surface area (TPSA) is 75.7 Å². The maximum atomic E-state index is 11.3. The number of carbonyl (C=O) groups excluding carboxylic acids is 1. The number of ether oxygens (including phenoxy) is 1. The van der Waals surface area contributed by atoms with E-state index >= 15 is 0 Å². The van der Waals surface area contributed by atoms with Gasteiger partial charge >= 0.3 is 6.09 Å². The van der Waals surface area contributed by atoms with Crippen molar-refractivity contribution in [3.8, 4) is 0 Å². The lowest BCUT2D eigenvalue weighted by Gasteiger charge is -2.16. The van der Waals surface area contributed by atoms with Crippen LogP contribution in [0.2, 0.25) is 0 Å². The predicted octanol–water partition coefficient (Wildman–Crippen LogP) is 0.155. The molecule has 0 aliphatic carbocycles. The predicted molar refractivity (Wildman–Crippen MR) is 59.6 cm³/mol. The van der Waals surface area contributed by atoms with E-state index < -0.39 is 16.1 Å². The van der Waals surface area contributed by atoms with Crippen molar-refractivity contribution in [1.29, 1.82) is 0 Å². The van der Waals surface area contributed by atoms with E-state index in [0.29, 0.717) is 6.54 Å². The van der Waals surface area contributed by atoms with Crippen molar-refractivity contribution in [2.75, 3.05) is 18.8 Å². The summed E-state index contributed by atoms with van der Waals surface area (Å²) in [5.41, 5.74) is 0. The molecule has 1 amide bonds. The highest BCUT2D eigenvalue weighted by Crippen LogP contribution is 2.13. The molecule has 1 rings (SSSR count). The molecule has 0 aromatic heterocycles. The molecule has 0 aromatic rings. The molecule has 94 valence electrons. The van der Waals surface area contributed by atoms with Gasteiger partial charge in [0.2, 0.25) is 10.0 Å². The molecule has 1 N–H and O–H groups in total. The monoisotopic (exact) mass is 250 g/mol. The van der Waals surface area contributed by atoms with E-state index in [0.717, 1.165) is 0 Å². The second-order valence-corrected chi connectivity index (χ2v) is 6.10. The Morgan fingerprint density at radius 1 is 1.56 bits per heavy atom. The molecular weight excluding hydrogens is 232 g/mol. The van der Waals surface area contributed by atoms with Crippen LogP contribution in [0.15, 0.2) is 0 Å². The SMILES string of the molecule is CCS(=O)(=O)NCC1CN(C(C)C)C(=O)O1. The summed E-state index contributed by atoms with van der Waals surface area (Å²) in [7, 11) is -3.22. The molecule has 0 spiro atoms. The van der Waals surface area contributed by atoms with Crippen LogP contribution in [0.3, 0.4) is 0 Å². The number of amides is 1. The first-order valence-electron chi connectivity index (χ1n) is 5.30. The van der Waals surface area contributed by atoms with Crippen LogP contribution in [0.1, 0.15) is 20.8 Å². The molecule has 1 fully saturated rings. The Morgan fingerprint density at radius 3 is 2.62 bits per heavy atom. The van der Waals surface area contributed by atoms with E-state index in [4.69, 9.17) is 4.74 Å². The van der Waals surface area contributed by atoms with Crippen molar-refractivity contribution in [3.63, 3.8) is 0 Å². The largest absolute Gasteiger partial charge is 0.443 e. The van der Waals surface area contributed by atoms with Gasteiger partial charge in [-0.25, -0.2) is 17.9 Å². The Bertz CT molecular complexity index is 353. The summed E-state index contributed by atoms with van der Waals surface area (Å²) in [4.78, 5) is 12.9. The van der Waals surface area contributed by atoms with Gasteiger partial charge in [0.15, 0.2) is 0 Å². The standard InChI is InChI=1S/C9H18N2O4S/c1-4-16(13,14)10-5-8-6-11(7(2)3)9(12)15-8/h7-8,10H,4-6H2,1-3H3. The van der Waals surface area contributed by atoms with E-state index in [2.05, 4.69) is 4.72 Å². The molecule has 0 saturated carbocycles. The molecule has 1 unspecified atom stereocenters. The molecule has 0 aromatic carbocycles. The fraction of sp³-hybridized carbons (Fsp3) is 0.889. The van der Waals surface area contributed by atoms with Gasteiger partial charge in [-0.1, -0.05) is 0 Å². The summed E-state index contributed by atoms with van der Waals surface area (Å²) < 4.78 is 29.8. The van der Waals surface area contributed by atoms with Crippen molar-refractivity contribution < 1.29 is 17.9 Å². The first-order valence-corrected chi connectivity index (χ1v) is 6.95. The van der Waals surface area contributed by atoms with Gasteiger partial charge in [0, 0.05) is 12.6 Å². The van der Waals surface area contributed by atoms with E-state index in [9.17, 15) is 13.2 Å². The summed E-state index contributed by atoms with van der Waals surface area (Å²) in [6.45, 7) is 5.91. The van der Waals surface area contributed by atoms with Gasteiger partial charge in [0.25, 0.3) is 0 Å². The smallest absolute Gasteiger partial charge is 0.410 e. The summed E-state index contributed by atoms with van der Waals surface area (Å²) in [5, 5.41) is 0. The molecule has 6 nitrogen and oxygen atoms in total. The van der Waals surface area contributed by atoms with Crippen LogP contribution in [0.4, 0.5) is 4.79 Å². The Morgan fingerprint density at radius 2 is 2.19 bits per heavy atom. The summed E-state index contributed by atoms with van der Waals surface area (Å²) in [5.74, 6) is 0.0293. The number of nitrogens with one attached hydrogen (secondary N) is 1. The Hall–Kier alpha value is -0.820. The van der Waals surface area contributed by atoms with Crippen LogP contribution < -0.4 is 4.72 Å². The molecule has 1 aliphatic rings. The zero-order valence-electron chi connectivity index (χ0n) is 9.76. The van der Waals surface area contributed by atoms with Crippen molar-refractivity contribution in [3.05, 3.63) is 0 Å². The molecular formula is C9H18N2O4S. The fourth-order valence-corrected chi connectivity index (χ4v) is 2.04. The highest BCUT2D eigenvalue weighted by Gasteiger charge is 2.33. The lowest BCUT2D eigenvalue weighted by atomic mass is 10.3. The minimum absolute atomic E-state index is 0.0293. The van der Waals surface area contributed by atoms with Gasteiger partial charge in [-0.3, -0.25) is 0 Å². The minimum atomic E-state index is -3.22. The lowest BCUT2D eigenvalue weighted by molar-refractivity contribution is 0.130. The van der Waals surface area contributed by atoms with Gasteiger partial charge in [-0.15, -0.1) is 0 Å². The Balaban J connectivity index is 2.45. The lowest BCUT2D eigenvalue weighted by Crippen LogP contribution is -2.36. The summed E-state index contributed by atoms with van der Waals surface area (Å²) in [6, 6.07) is 0.0697. The van der Waals surface area contributed by atoms with Crippen LogP contribution in [0, 0.1) is 0 Å². The third kappa shape index (κ3) is 3.34. The van der Waals surface area contributed by atoms with Crippen molar-refractivity contribution in [2.45, 2.75) is 32.9 Å². The maximum Gasteiger partial charge on any atom is 0.410 e. The molecule has 0 radical (unpaired) electrons. The average molecular weight is 250 g/mol. The highest BCUT2D eigenvalue weighted by atomic mass is 32.2. The van der Waals surface area contributed by atoms with Gasteiger partial charge in [-0.05, 0) is 20.8 Å². The van der Waals surface area contributed by atoms with Crippen LogP contribution >= 0.6 is 0 Å². The quantitative estimate of drug-likeness (QED) is 0.754. The molecule has 1 atom stereocenters. The molecule has 1 heterocycles. The highest BCUT2D eigenvalue weighted by molar-refractivity contribution is 7.89. The molecule has 16 heavy (non-hydrogen) atoms. The van der Waals surface area contributed by atoms with Crippen LogP contribution in [-0.4, -0.2) is 50.4 Å². The number of cyclic esters (lactones) is 1. The second kappa shape index (κ2) is 5.01. The van der Waals surface area contributed by atoms with Gasteiger partial charge in [0.1, 0.15) is 6.10 Å². The first kappa shape index (κ1) is 13.2. The van der Waals surface area contributed by atoms with Crippen LogP contribution in [-0.2, 0) is 14.8 Å². The summed E-state index contributed by atoms with van der Waals surface area (Å²) in [6.07, 6.45) is -0.771. The van der Waals surface area contributed by atoms with Crippen molar-refractivity contribution in [1.82, 2.24) is 9.62 Å². The van der Waals surface area contributed by atoms with Gasteiger partial charge in [-0.2, -0.15) is 0 Å². The van der Waals surface area contributed by atoms with E-state index in [1.165, 1.54) is 0 Å². The zero-order chi connectivity index (χ0) is 12.3. The number of hydrogen-bond donors (Lipinski definition) is 1. The van der Waals surface area contributed by atoms with Crippen LogP contribution in [0.25, 0.3) is 0 Å². The third-order valence-electron chi connectivity index (χ3n) is 2.44. The number of hydrogen-bond acceptors (Lipinski definition) is 4. The van der Waals surface area contributed by atoms with Gasteiger partial charge < -0.3 is 9.64 Å². The van der Waals surface area contributed by atoms with Crippen molar-refractivity contribution in [2.24, 2.45) is 0 Å². The normalized spacial score (nSPS) is 21.6. The minimum Gasteiger partial charge on any atom is -0.443 e. The van der Waals surface area contributed by atoms with E-state index in [-0.39, 0.29) is 24.4 Å². The molecule has 7 heteroatoms. The fourth-order valence-electron chi connectivity index (χ4n) is 1.39. The average Bonchev–Trinajstić information content (AvgIpc) is 2.57. The summed E-state index contributed by atoms with van der Waals surface area (Å²) >= 11 is 0. The number of sulfonamides is 1. The number of rotatable bonds is 5. The molecule has 1 aliphatic heterocycles. The maximum absolute atomic E-state index is 11.3. The van der Waals surface area contributed by atoms with Crippen molar-refractivity contribution >= 4 is 16.1 Å². The third-order valence-corrected chi connectivity index (χ3v) is 3.80. The first-order chi connectivity index (χ1) is 7.35. The second-order valence-electron chi connectivity index (χ2n) is 4.00. The Labute approximate surface area is 96.0 Å². The van der Waals surface area contributed by atoms with Crippen LogP contribution in [0.5, 0.6) is 0 Å². The molecule has 0 bridgehead atoms. The number of carbonyl (C=O) groups is 1. The van der Waals surface area contributed by atoms with E-state index in [1.54, 1.807) is 11.8 Å².